The fraction of sp³-hybridized carbons (Fsp3) is 0.174. The van der Waals surface area contributed by atoms with Gasteiger partial charge in [0.05, 0.1) is 11.4 Å². The van der Waals surface area contributed by atoms with Crippen molar-refractivity contribution < 1.29 is 14.3 Å². The second-order valence-electron chi connectivity index (χ2n) is 7.08. The quantitative estimate of drug-likeness (QED) is 0.475. The molecule has 0 bridgehead atoms. The summed E-state index contributed by atoms with van der Waals surface area (Å²) in [6.45, 7) is 3.88. The van der Waals surface area contributed by atoms with Crippen LogP contribution in [0.25, 0.3) is 4.96 Å². The summed E-state index contributed by atoms with van der Waals surface area (Å²) in [5.74, 6) is 0.834. The number of aryl methyl sites for hydroxylation is 2. The molecule has 0 atom stereocenters. The van der Waals surface area contributed by atoms with Gasteiger partial charge < -0.3 is 14.8 Å². The summed E-state index contributed by atoms with van der Waals surface area (Å²) < 4.78 is 13.0. The fourth-order valence-electron chi connectivity index (χ4n) is 3.01. The third-order valence-electron chi connectivity index (χ3n) is 4.50. The summed E-state index contributed by atoms with van der Waals surface area (Å²) in [5.41, 5.74) is 2.93. The van der Waals surface area contributed by atoms with Crippen LogP contribution in [0.1, 0.15) is 16.8 Å². The van der Waals surface area contributed by atoms with Gasteiger partial charge in [0.15, 0.2) is 11.6 Å². The van der Waals surface area contributed by atoms with Crippen LogP contribution in [0.4, 0.5) is 5.69 Å². The van der Waals surface area contributed by atoms with Crippen LogP contribution in [0.3, 0.4) is 0 Å². The highest BCUT2D eigenvalue weighted by atomic mass is 32.1. The van der Waals surface area contributed by atoms with Gasteiger partial charge in [-0.05, 0) is 49.2 Å². The van der Waals surface area contributed by atoms with Gasteiger partial charge in [-0.1, -0.05) is 18.2 Å². The lowest BCUT2D eigenvalue weighted by atomic mass is 10.2. The number of fused-ring (bicyclic) bond motifs is 1. The molecule has 2 heterocycles. The Morgan fingerprint density at radius 1 is 1.10 bits per heavy atom. The van der Waals surface area contributed by atoms with E-state index in [0.29, 0.717) is 27.8 Å². The number of nitrogens with zero attached hydrogens (tertiary/aromatic N) is 2. The van der Waals surface area contributed by atoms with E-state index >= 15 is 0 Å². The molecule has 0 aliphatic rings. The highest BCUT2D eigenvalue weighted by Crippen LogP contribution is 2.26. The monoisotopic (exact) mass is 435 g/mol. The number of ether oxygens (including phenoxy) is 2. The van der Waals surface area contributed by atoms with Crippen LogP contribution in [0.15, 0.2) is 64.9 Å². The van der Waals surface area contributed by atoms with Gasteiger partial charge in [0, 0.05) is 17.6 Å². The van der Waals surface area contributed by atoms with Gasteiger partial charge >= 0.3 is 0 Å². The van der Waals surface area contributed by atoms with E-state index < -0.39 is 0 Å². The van der Waals surface area contributed by atoms with Crippen LogP contribution in [-0.4, -0.2) is 21.9 Å². The topological polar surface area (TPSA) is 81.9 Å². The summed E-state index contributed by atoms with van der Waals surface area (Å²) in [6, 6.07) is 14.4. The Hall–Kier alpha value is -3.65. The Balaban J connectivity index is 1.44. The molecule has 0 spiro atoms. The molecule has 2 aromatic heterocycles. The fourth-order valence-corrected chi connectivity index (χ4v) is 3.74. The number of thiazole rings is 1. The first-order valence-corrected chi connectivity index (χ1v) is 10.5. The largest absolute Gasteiger partial charge is 0.485 e. The van der Waals surface area contributed by atoms with Crippen molar-refractivity contribution in [3.8, 4) is 11.5 Å². The minimum Gasteiger partial charge on any atom is -0.485 e. The Morgan fingerprint density at radius 3 is 2.77 bits per heavy atom. The minimum absolute atomic E-state index is 0.107. The number of benzene rings is 2. The van der Waals surface area contributed by atoms with E-state index in [-0.39, 0.29) is 24.7 Å². The summed E-state index contributed by atoms with van der Waals surface area (Å²) in [5, 5.41) is 4.63. The van der Waals surface area contributed by atoms with E-state index in [2.05, 4.69) is 10.3 Å². The van der Waals surface area contributed by atoms with E-state index in [1.807, 2.05) is 44.2 Å². The summed E-state index contributed by atoms with van der Waals surface area (Å²) >= 11 is 1.38. The molecule has 2 aromatic carbocycles. The number of hydrogen-bond acceptors (Lipinski definition) is 6. The SMILES string of the molecule is Cc1cccc(OCC(=O)Nc2ccc(C)cc2OCc2cc(=O)n3ccsc3n2)c1. The van der Waals surface area contributed by atoms with Gasteiger partial charge in [-0.15, -0.1) is 11.3 Å². The maximum atomic E-state index is 12.4. The zero-order valence-corrected chi connectivity index (χ0v) is 17.9. The van der Waals surface area contributed by atoms with Crippen LogP contribution in [0.5, 0.6) is 11.5 Å². The maximum Gasteiger partial charge on any atom is 0.262 e. The molecule has 4 aromatic rings. The van der Waals surface area contributed by atoms with Crippen molar-refractivity contribution >= 4 is 27.9 Å². The molecule has 0 aliphatic carbocycles. The lowest BCUT2D eigenvalue weighted by Crippen LogP contribution is -2.20. The average molecular weight is 436 g/mol. The van der Waals surface area contributed by atoms with E-state index in [1.165, 1.54) is 21.8 Å². The molecule has 0 radical (unpaired) electrons. The normalized spacial score (nSPS) is 10.8. The van der Waals surface area contributed by atoms with Crippen molar-refractivity contribution in [3.63, 3.8) is 0 Å². The van der Waals surface area contributed by atoms with Gasteiger partial charge in [-0.25, -0.2) is 4.98 Å². The molecular formula is C23H21N3O4S. The second kappa shape index (κ2) is 9.01. The molecule has 1 N–H and O–H groups in total. The first-order valence-electron chi connectivity index (χ1n) is 9.66. The molecule has 0 unspecified atom stereocenters. The van der Waals surface area contributed by atoms with E-state index in [1.54, 1.807) is 23.7 Å². The molecule has 158 valence electrons. The van der Waals surface area contributed by atoms with Crippen LogP contribution in [-0.2, 0) is 11.4 Å². The van der Waals surface area contributed by atoms with Crippen molar-refractivity contribution in [2.24, 2.45) is 0 Å². The third-order valence-corrected chi connectivity index (χ3v) is 5.26. The Bertz CT molecular complexity index is 1300. The van der Waals surface area contributed by atoms with E-state index in [9.17, 15) is 9.59 Å². The van der Waals surface area contributed by atoms with Crippen molar-refractivity contribution in [3.05, 3.63) is 87.3 Å². The molecule has 7 nitrogen and oxygen atoms in total. The molecule has 0 saturated carbocycles. The number of aromatic nitrogens is 2. The van der Waals surface area contributed by atoms with Crippen molar-refractivity contribution in [2.45, 2.75) is 20.5 Å². The molecule has 4 rings (SSSR count). The van der Waals surface area contributed by atoms with E-state index in [4.69, 9.17) is 9.47 Å². The predicted octanol–water partition coefficient (Wildman–Crippen LogP) is 3.97. The van der Waals surface area contributed by atoms with Crippen molar-refractivity contribution in [1.29, 1.82) is 0 Å². The number of carbonyl (C=O) groups is 1. The minimum atomic E-state index is -0.299. The number of rotatable bonds is 7. The lowest BCUT2D eigenvalue weighted by Gasteiger charge is -2.14. The van der Waals surface area contributed by atoms with Crippen LogP contribution in [0.2, 0.25) is 0 Å². The van der Waals surface area contributed by atoms with Crippen LogP contribution in [0, 0.1) is 13.8 Å². The highest BCUT2D eigenvalue weighted by Gasteiger charge is 2.11. The molecule has 8 heteroatoms. The van der Waals surface area contributed by atoms with Crippen LogP contribution < -0.4 is 20.3 Å². The van der Waals surface area contributed by atoms with E-state index in [0.717, 1.165) is 11.1 Å². The highest BCUT2D eigenvalue weighted by molar-refractivity contribution is 7.15. The summed E-state index contributed by atoms with van der Waals surface area (Å²) in [6.07, 6.45) is 1.69. The molecule has 0 aliphatic heterocycles. The Labute approximate surface area is 182 Å². The smallest absolute Gasteiger partial charge is 0.262 e. The average Bonchev–Trinajstić information content (AvgIpc) is 3.22. The number of anilines is 1. The molecular weight excluding hydrogens is 414 g/mol. The van der Waals surface area contributed by atoms with Gasteiger partial charge in [0.25, 0.3) is 11.5 Å². The number of amides is 1. The first-order chi connectivity index (χ1) is 15.0. The van der Waals surface area contributed by atoms with Crippen molar-refractivity contribution in [1.82, 2.24) is 9.38 Å². The molecule has 1 amide bonds. The summed E-state index contributed by atoms with van der Waals surface area (Å²) in [4.78, 5) is 29.6. The maximum absolute atomic E-state index is 12.4. The molecule has 31 heavy (non-hydrogen) atoms. The van der Waals surface area contributed by atoms with Gasteiger partial charge in [0.2, 0.25) is 0 Å². The zero-order chi connectivity index (χ0) is 21.8. The predicted molar refractivity (Wildman–Crippen MR) is 120 cm³/mol. The molecule has 0 fully saturated rings. The molecule has 0 saturated heterocycles. The van der Waals surface area contributed by atoms with Crippen molar-refractivity contribution in [2.75, 3.05) is 11.9 Å². The Morgan fingerprint density at radius 2 is 1.94 bits per heavy atom. The van der Waals surface area contributed by atoms with Crippen LogP contribution >= 0.6 is 11.3 Å². The lowest BCUT2D eigenvalue weighted by molar-refractivity contribution is -0.118. The summed E-state index contributed by atoms with van der Waals surface area (Å²) in [7, 11) is 0. The third kappa shape index (κ3) is 5.10. The second-order valence-corrected chi connectivity index (χ2v) is 7.96. The standard InChI is InChI=1S/C23H21N3O4S/c1-15-4-3-5-18(10-15)29-14-21(27)25-19-7-6-16(2)11-20(19)30-13-17-12-22(28)26-8-9-31-23(26)24-17/h3-12H,13-14H2,1-2H3,(H,25,27). The zero-order valence-electron chi connectivity index (χ0n) is 17.1. The number of carbonyl (C=O) groups excluding carboxylic acids is 1. The number of hydrogen-bond donors (Lipinski definition) is 1. The van der Waals surface area contributed by atoms with Gasteiger partial charge in [-0.2, -0.15) is 0 Å². The van der Waals surface area contributed by atoms with Gasteiger partial charge in [-0.3, -0.25) is 14.0 Å². The van der Waals surface area contributed by atoms with Gasteiger partial charge in [0.1, 0.15) is 18.1 Å². The number of nitrogens with one attached hydrogen (secondary N) is 1. The first kappa shape index (κ1) is 20.6. The Kier molecular flexibility index (Phi) is 5.99.